The van der Waals surface area contributed by atoms with E-state index in [0.717, 1.165) is 60.9 Å². The van der Waals surface area contributed by atoms with Crippen molar-refractivity contribution in [2.24, 2.45) is 10.1 Å². The van der Waals surface area contributed by atoms with Gasteiger partial charge in [0.05, 0.1) is 17.5 Å². The van der Waals surface area contributed by atoms with Crippen molar-refractivity contribution < 1.29 is 5.21 Å². The Morgan fingerprint density at radius 2 is 1.90 bits per heavy atom. The Balaban J connectivity index is 2.01. The zero-order valence-electron chi connectivity index (χ0n) is 11.7. The Hall–Kier alpha value is -0.680. The first-order valence-corrected chi connectivity index (χ1v) is 9.11. The molecule has 0 saturated heterocycles. The molecule has 2 aliphatic rings. The lowest BCUT2D eigenvalue weighted by molar-refractivity contribution is 0.316. The molecule has 110 valence electrons. The Morgan fingerprint density at radius 1 is 1.15 bits per heavy atom. The highest BCUT2D eigenvalue weighted by Crippen LogP contribution is 2.30. The van der Waals surface area contributed by atoms with Gasteiger partial charge in [-0.3, -0.25) is 4.99 Å². The third-order valence-corrected chi connectivity index (χ3v) is 5.82. The van der Waals surface area contributed by atoms with Crippen molar-refractivity contribution in [3.8, 4) is 0 Å². The number of thioether (sulfide) groups is 2. The molecule has 1 aliphatic carbocycles. The van der Waals surface area contributed by atoms with Crippen LogP contribution >= 0.6 is 23.5 Å². The van der Waals surface area contributed by atoms with Gasteiger partial charge in [0.1, 0.15) is 4.38 Å². The standard InChI is InChI=1S/C15H22N2OS2/c18-17-13-9-7-5-3-1-2-4-6-8-10-14(13)20-15-16-11-12-19-15/h3-6,14,18H,1-2,7-12H2/b5-3+,6-4+,17-13-/t14-/m1/s1. The Morgan fingerprint density at radius 3 is 2.60 bits per heavy atom. The normalized spacial score (nSPS) is 30.3. The van der Waals surface area contributed by atoms with E-state index in [1.807, 2.05) is 11.8 Å². The number of aliphatic imine (C=N–C) groups is 1. The lowest BCUT2D eigenvalue weighted by Crippen LogP contribution is -2.18. The average Bonchev–Trinajstić information content (AvgIpc) is 2.95. The highest BCUT2D eigenvalue weighted by atomic mass is 32.2. The fourth-order valence-electron chi connectivity index (χ4n) is 2.22. The number of allylic oxidation sites excluding steroid dienone is 4. The van der Waals surface area contributed by atoms with Gasteiger partial charge in [-0.25, -0.2) is 0 Å². The number of hydrogen-bond donors (Lipinski definition) is 1. The molecule has 3 nitrogen and oxygen atoms in total. The second-order valence-corrected chi connectivity index (χ2v) is 7.36. The van der Waals surface area contributed by atoms with Crippen LogP contribution in [-0.2, 0) is 0 Å². The summed E-state index contributed by atoms with van der Waals surface area (Å²) in [6, 6.07) is 0. The van der Waals surface area contributed by atoms with Gasteiger partial charge in [0.25, 0.3) is 0 Å². The van der Waals surface area contributed by atoms with Crippen LogP contribution in [0.25, 0.3) is 0 Å². The van der Waals surface area contributed by atoms with E-state index < -0.39 is 0 Å². The maximum atomic E-state index is 9.33. The molecule has 0 radical (unpaired) electrons. The number of nitrogens with zero attached hydrogens (tertiary/aromatic N) is 2. The summed E-state index contributed by atoms with van der Waals surface area (Å²) in [6.45, 7) is 0.925. The van der Waals surface area contributed by atoms with Crippen LogP contribution in [0, 0.1) is 0 Å². The number of oxime groups is 1. The minimum atomic E-state index is 0.252. The van der Waals surface area contributed by atoms with Crippen LogP contribution in [0.5, 0.6) is 0 Å². The van der Waals surface area contributed by atoms with Crippen molar-refractivity contribution in [1.29, 1.82) is 0 Å². The fraction of sp³-hybridized carbons (Fsp3) is 0.600. The quantitative estimate of drug-likeness (QED) is 0.441. The van der Waals surface area contributed by atoms with Crippen LogP contribution in [-0.4, -0.2) is 32.8 Å². The summed E-state index contributed by atoms with van der Waals surface area (Å²) in [7, 11) is 0. The van der Waals surface area contributed by atoms with Gasteiger partial charge < -0.3 is 5.21 Å². The van der Waals surface area contributed by atoms with E-state index in [2.05, 4.69) is 34.5 Å². The molecule has 0 unspecified atom stereocenters. The zero-order valence-corrected chi connectivity index (χ0v) is 13.3. The Labute approximate surface area is 129 Å². The molecule has 1 N–H and O–H groups in total. The minimum Gasteiger partial charge on any atom is -0.411 e. The third-order valence-electron chi connectivity index (χ3n) is 3.30. The predicted octanol–water partition coefficient (Wildman–Crippen LogP) is 4.49. The van der Waals surface area contributed by atoms with Gasteiger partial charge in [0.15, 0.2) is 0 Å². The topological polar surface area (TPSA) is 45.0 Å². The molecule has 1 heterocycles. The minimum absolute atomic E-state index is 0.252. The highest BCUT2D eigenvalue weighted by Gasteiger charge is 2.21. The molecule has 20 heavy (non-hydrogen) atoms. The van der Waals surface area contributed by atoms with Gasteiger partial charge in [-0.2, -0.15) is 0 Å². The van der Waals surface area contributed by atoms with E-state index in [4.69, 9.17) is 0 Å². The van der Waals surface area contributed by atoms with E-state index in [0.29, 0.717) is 0 Å². The molecule has 0 bridgehead atoms. The molecule has 0 amide bonds. The van der Waals surface area contributed by atoms with Crippen LogP contribution in [0.15, 0.2) is 34.5 Å². The van der Waals surface area contributed by atoms with E-state index in [-0.39, 0.29) is 5.25 Å². The monoisotopic (exact) mass is 310 g/mol. The van der Waals surface area contributed by atoms with E-state index >= 15 is 0 Å². The van der Waals surface area contributed by atoms with Crippen molar-refractivity contribution in [1.82, 2.24) is 0 Å². The number of rotatable bonds is 1. The maximum absolute atomic E-state index is 9.33. The molecule has 0 aromatic carbocycles. The van der Waals surface area contributed by atoms with Crippen molar-refractivity contribution in [3.63, 3.8) is 0 Å². The smallest absolute Gasteiger partial charge is 0.125 e. The molecule has 0 fully saturated rings. The van der Waals surface area contributed by atoms with E-state index in [9.17, 15) is 5.21 Å². The molecule has 1 atom stereocenters. The van der Waals surface area contributed by atoms with Crippen molar-refractivity contribution in [2.75, 3.05) is 12.3 Å². The maximum Gasteiger partial charge on any atom is 0.125 e. The molecular formula is C15H22N2OS2. The first-order chi connectivity index (χ1) is 9.90. The summed E-state index contributed by atoms with van der Waals surface area (Å²) >= 11 is 3.60. The van der Waals surface area contributed by atoms with Gasteiger partial charge >= 0.3 is 0 Å². The second-order valence-electron chi connectivity index (χ2n) is 4.83. The molecular weight excluding hydrogens is 288 g/mol. The van der Waals surface area contributed by atoms with Crippen LogP contribution in [0.2, 0.25) is 0 Å². The molecule has 0 aromatic rings. The number of hydrogen-bond acceptors (Lipinski definition) is 5. The van der Waals surface area contributed by atoms with Gasteiger partial charge in [0, 0.05) is 5.75 Å². The largest absolute Gasteiger partial charge is 0.411 e. The van der Waals surface area contributed by atoms with Crippen LogP contribution in [0.1, 0.15) is 38.5 Å². The Bertz CT molecular complexity index is 416. The van der Waals surface area contributed by atoms with Gasteiger partial charge in [-0.15, -0.1) is 0 Å². The fourth-order valence-corrected chi connectivity index (χ4v) is 4.59. The molecule has 1 aliphatic heterocycles. The highest BCUT2D eigenvalue weighted by molar-refractivity contribution is 8.39. The SMILES string of the molecule is O/N=C1/CC/C=C/CC/C=C/CC[C@H]1SC1=NCCS1. The molecule has 0 spiro atoms. The van der Waals surface area contributed by atoms with Gasteiger partial charge in [-0.1, -0.05) is 53.0 Å². The lowest BCUT2D eigenvalue weighted by atomic mass is 10.1. The van der Waals surface area contributed by atoms with E-state index in [1.165, 1.54) is 0 Å². The van der Waals surface area contributed by atoms with Gasteiger partial charge in [-0.05, 0) is 38.5 Å². The summed E-state index contributed by atoms with van der Waals surface area (Å²) < 4.78 is 1.16. The van der Waals surface area contributed by atoms with Crippen molar-refractivity contribution >= 4 is 33.6 Å². The lowest BCUT2D eigenvalue weighted by Gasteiger charge is -2.16. The summed E-state index contributed by atoms with van der Waals surface area (Å²) in [4.78, 5) is 4.50. The first-order valence-electron chi connectivity index (χ1n) is 7.25. The van der Waals surface area contributed by atoms with Crippen LogP contribution in [0.4, 0.5) is 0 Å². The first kappa shape index (κ1) is 15.7. The summed E-state index contributed by atoms with van der Waals surface area (Å²) in [5, 5.41) is 13.2. The average molecular weight is 310 g/mol. The second kappa shape index (κ2) is 9.29. The summed E-state index contributed by atoms with van der Waals surface area (Å²) in [5.74, 6) is 1.09. The van der Waals surface area contributed by atoms with Crippen LogP contribution in [0.3, 0.4) is 0 Å². The van der Waals surface area contributed by atoms with Gasteiger partial charge in [0.2, 0.25) is 0 Å². The predicted molar refractivity (Wildman–Crippen MR) is 91.3 cm³/mol. The molecule has 5 heteroatoms. The molecule has 0 aromatic heterocycles. The summed E-state index contributed by atoms with van der Waals surface area (Å²) in [5.41, 5.74) is 0.906. The van der Waals surface area contributed by atoms with Crippen molar-refractivity contribution in [3.05, 3.63) is 24.3 Å². The Kier molecular flexibility index (Phi) is 7.30. The zero-order chi connectivity index (χ0) is 14.0. The molecule has 2 rings (SSSR count). The summed E-state index contributed by atoms with van der Waals surface area (Å²) in [6.07, 6.45) is 15.0. The third kappa shape index (κ3) is 5.37. The molecule has 0 saturated carbocycles. The van der Waals surface area contributed by atoms with Crippen molar-refractivity contribution in [2.45, 2.75) is 43.8 Å². The van der Waals surface area contributed by atoms with E-state index in [1.54, 1.807) is 11.8 Å². The van der Waals surface area contributed by atoms with Crippen LogP contribution < -0.4 is 0 Å².